The minimum atomic E-state index is -0.479. The summed E-state index contributed by atoms with van der Waals surface area (Å²) in [6.07, 6.45) is 3.45. The number of nitrogens with zero attached hydrogens (tertiary/aromatic N) is 1. The van der Waals surface area contributed by atoms with Crippen molar-refractivity contribution in [2.45, 2.75) is 6.92 Å². The highest BCUT2D eigenvalue weighted by Crippen LogP contribution is 2.20. The molecule has 1 aromatic carbocycles. The van der Waals surface area contributed by atoms with Crippen LogP contribution in [0, 0.1) is 0 Å². The molecule has 0 aliphatic carbocycles. The maximum Gasteiger partial charge on any atom is 0.303 e. The van der Waals surface area contributed by atoms with E-state index in [0.717, 1.165) is 11.1 Å². The summed E-state index contributed by atoms with van der Waals surface area (Å²) >= 11 is 0. The number of rotatable bonds is 4. The van der Waals surface area contributed by atoms with Crippen molar-refractivity contribution in [3.05, 3.63) is 48.8 Å². The molecule has 0 fully saturated rings. The quantitative estimate of drug-likeness (QED) is 0.865. The van der Waals surface area contributed by atoms with E-state index in [-0.39, 0.29) is 12.5 Å². The molecular weight excluding hydrogens is 256 g/mol. The van der Waals surface area contributed by atoms with E-state index >= 15 is 0 Å². The van der Waals surface area contributed by atoms with Crippen LogP contribution in [0.25, 0.3) is 11.1 Å². The summed E-state index contributed by atoms with van der Waals surface area (Å²) in [5.41, 5.74) is 2.74. The number of nitrogens with one attached hydrogen (secondary N) is 1. The van der Waals surface area contributed by atoms with Crippen molar-refractivity contribution in [3.63, 3.8) is 0 Å². The van der Waals surface area contributed by atoms with Gasteiger partial charge in [-0.15, -0.1) is 0 Å². The van der Waals surface area contributed by atoms with Crippen molar-refractivity contribution in [1.29, 1.82) is 0 Å². The third-order valence-electron chi connectivity index (χ3n) is 2.59. The first-order valence-electron chi connectivity index (χ1n) is 6.09. The van der Waals surface area contributed by atoms with Crippen LogP contribution in [0.2, 0.25) is 0 Å². The summed E-state index contributed by atoms with van der Waals surface area (Å²) in [7, 11) is 0. The number of esters is 1. The zero-order chi connectivity index (χ0) is 14.4. The van der Waals surface area contributed by atoms with Gasteiger partial charge in [-0.3, -0.25) is 14.6 Å². The van der Waals surface area contributed by atoms with Gasteiger partial charge in [-0.2, -0.15) is 0 Å². The molecule has 1 N–H and O–H groups in total. The summed E-state index contributed by atoms with van der Waals surface area (Å²) in [6.45, 7) is 0.984. The molecule has 1 amide bonds. The van der Waals surface area contributed by atoms with Crippen LogP contribution in [-0.4, -0.2) is 23.5 Å². The molecule has 1 heterocycles. The molecular formula is C15H14N2O3. The van der Waals surface area contributed by atoms with Crippen molar-refractivity contribution in [1.82, 2.24) is 4.98 Å². The largest absolute Gasteiger partial charge is 0.456 e. The lowest BCUT2D eigenvalue weighted by molar-refractivity contribution is -0.144. The van der Waals surface area contributed by atoms with E-state index in [1.807, 2.05) is 24.3 Å². The van der Waals surface area contributed by atoms with Crippen molar-refractivity contribution in [3.8, 4) is 11.1 Å². The Kier molecular flexibility index (Phi) is 4.44. The average Bonchev–Trinajstić information content (AvgIpc) is 2.47. The number of amides is 1. The van der Waals surface area contributed by atoms with Gasteiger partial charge >= 0.3 is 5.97 Å². The molecule has 1 aromatic heterocycles. The minimum Gasteiger partial charge on any atom is -0.456 e. The highest BCUT2D eigenvalue weighted by Gasteiger charge is 2.04. The fourth-order valence-corrected chi connectivity index (χ4v) is 1.65. The maximum absolute atomic E-state index is 11.5. The van der Waals surface area contributed by atoms with Crippen molar-refractivity contribution < 1.29 is 14.3 Å². The van der Waals surface area contributed by atoms with E-state index in [9.17, 15) is 9.59 Å². The van der Waals surface area contributed by atoms with Crippen LogP contribution in [0.4, 0.5) is 5.69 Å². The van der Waals surface area contributed by atoms with Gasteiger partial charge in [-0.05, 0) is 35.4 Å². The Morgan fingerprint density at radius 3 is 2.25 bits per heavy atom. The first-order valence-corrected chi connectivity index (χ1v) is 6.09. The number of anilines is 1. The van der Waals surface area contributed by atoms with Gasteiger partial charge in [0.1, 0.15) is 0 Å². The molecule has 0 unspecified atom stereocenters. The number of hydrogen-bond donors (Lipinski definition) is 1. The molecule has 0 aliphatic rings. The first-order chi connectivity index (χ1) is 9.65. The van der Waals surface area contributed by atoms with Crippen molar-refractivity contribution >= 4 is 17.6 Å². The van der Waals surface area contributed by atoms with Crippen LogP contribution in [0.1, 0.15) is 6.92 Å². The van der Waals surface area contributed by atoms with Gasteiger partial charge < -0.3 is 10.1 Å². The van der Waals surface area contributed by atoms with E-state index in [4.69, 9.17) is 0 Å². The summed E-state index contributed by atoms with van der Waals surface area (Å²) in [6, 6.07) is 11.2. The topological polar surface area (TPSA) is 68.3 Å². The predicted octanol–water partition coefficient (Wildman–Crippen LogP) is 2.25. The van der Waals surface area contributed by atoms with Gasteiger partial charge in [0.15, 0.2) is 6.61 Å². The number of hydrogen-bond acceptors (Lipinski definition) is 4. The van der Waals surface area contributed by atoms with Crippen LogP contribution >= 0.6 is 0 Å². The molecule has 0 saturated heterocycles. The highest BCUT2D eigenvalue weighted by atomic mass is 16.5. The van der Waals surface area contributed by atoms with E-state index in [0.29, 0.717) is 5.69 Å². The number of ether oxygens (including phenoxy) is 1. The lowest BCUT2D eigenvalue weighted by Crippen LogP contribution is -2.19. The van der Waals surface area contributed by atoms with E-state index < -0.39 is 5.97 Å². The number of aromatic nitrogens is 1. The SMILES string of the molecule is CC(=O)OCC(=O)Nc1ccc(-c2ccncc2)cc1. The molecule has 0 atom stereocenters. The molecule has 0 radical (unpaired) electrons. The van der Waals surface area contributed by atoms with Crippen molar-refractivity contribution in [2.24, 2.45) is 0 Å². The Hall–Kier alpha value is -2.69. The summed E-state index contributed by atoms with van der Waals surface area (Å²) < 4.78 is 4.61. The van der Waals surface area contributed by atoms with Gasteiger partial charge in [0, 0.05) is 25.0 Å². The van der Waals surface area contributed by atoms with Crippen LogP contribution in [0.3, 0.4) is 0 Å². The van der Waals surface area contributed by atoms with Gasteiger partial charge in [0.2, 0.25) is 0 Å². The van der Waals surface area contributed by atoms with Crippen LogP contribution in [0.5, 0.6) is 0 Å². The van der Waals surface area contributed by atoms with Gasteiger partial charge in [0.05, 0.1) is 0 Å². The molecule has 2 rings (SSSR count). The monoisotopic (exact) mass is 270 g/mol. The number of pyridine rings is 1. The van der Waals surface area contributed by atoms with Crippen LogP contribution in [-0.2, 0) is 14.3 Å². The minimum absolute atomic E-state index is 0.276. The highest BCUT2D eigenvalue weighted by molar-refractivity contribution is 5.92. The second kappa shape index (κ2) is 6.47. The molecule has 5 nitrogen and oxygen atoms in total. The number of carbonyl (C=O) groups is 2. The lowest BCUT2D eigenvalue weighted by Gasteiger charge is -2.06. The molecule has 0 saturated carbocycles. The smallest absolute Gasteiger partial charge is 0.303 e. The van der Waals surface area contributed by atoms with Gasteiger partial charge in [0.25, 0.3) is 5.91 Å². The second-order valence-electron chi connectivity index (χ2n) is 4.14. The third-order valence-corrected chi connectivity index (χ3v) is 2.59. The molecule has 0 spiro atoms. The Balaban J connectivity index is 1.98. The van der Waals surface area contributed by atoms with Crippen LogP contribution < -0.4 is 5.32 Å². The van der Waals surface area contributed by atoms with E-state index in [1.165, 1.54) is 6.92 Å². The van der Waals surface area contributed by atoms with E-state index in [1.54, 1.807) is 24.5 Å². The Morgan fingerprint density at radius 2 is 1.65 bits per heavy atom. The Bertz CT molecular complexity index is 594. The van der Waals surface area contributed by atoms with Crippen molar-refractivity contribution in [2.75, 3.05) is 11.9 Å². The van der Waals surface area contributed by atoms with E-state index in [2.05, 4.69) is 15.0 Å². The fourth-order valence-electron chi connectivity index (χ4n) is 1.65. The Morgan fingerprint density at radius 1 is 1.05 bits per heavy atom. The summed E-state index contributed by atoms with van der Waals surface area (Å²) in [5, 5.41) is 2.65. The maximum atomic E-state index is 11.5. The predicted molar refractivity (Wildman–Crippen MR) is 74.9 cm³/mol. The molecule has 2 aromatic rings. The molecule has 102 valence electrons. The molecule has 20 heavy (non-hydrogen) atoms. The standard InChI is InChI=1S/C15H14N2O3/c1-11(18)20-10-15(19)17-14-4-2-12(3-5-14)13-6-8-16-9-7-13/h2-9H,10H2,1H3,(H,17,19). The number of carbonyl (C=O) groups excluding carboxylic acids is 2. The summed E-state index contributed by atoms with van der Waals surface area (Å²) in [5.74, 6) is -0.843. The molecule has 0 aliphatic heterocycles. The zero-order valence-electron chi connectivity index (χ0n) is 11.0. The molecule has 5 heteroatoms. The molecule has 0 bridgehead atoms. The third kappa shape index (κ3) is 3.91. The van der Waals surface area contributed by atoms with Gasteiger partial charge in [-0.1, -0.05) is 12.1 Å². The van der Waals surface area contributed by atoms with Crippen LogP contribution in [0.15, 0.2) is 48.8 Å². The second-order valence-corrected chi connectivity index (χ2v) is 4.14. The first kappa shape index (κ1) is 13.7. The van der Waals surface area contributed by atoms with Gasteiger partial charge in [-0.25, -0.2) is 0 Å². The Labute approximate surface area is 116 Å². The average molecular weight is 270 g/mol. The fraction of sp³-hybridized carbons (Fsp3) is 0.133. The zero-order valence-corrected chi connectivity index (χ0v) is 11.0. The lowest BCUT2D eigenvalue weighted by atomic mass is 10.1. The number of benzene rings is 1. The summed E-state index contributed by atoms with van der Waals surface area (Å²) in [4.78, 5) is 26.0. The normalized spacial score (nSPS) is 9.85.